The first-order chi connectivity index (χ1) is 13.4. The number of hydrogen-bond donors (Lipinski definition) is 2. The average molecular weight is 400 g/mol. The zero-order chi connectivity index (χ0) is 20.3. The summed E-state index contributed by atoms with van der Waals surface area (Å²) in [5.74, 6) is -0.755. The highest BCUT2D eigenvalue weighted by molar-refractivity contribution is 6.30. The van der Waals surface area contributed by atoms with Crippen molar-refractivity contribution in [1.82, 2.24) is 15.2 Å². The minimum Gasteiger partial charge on any atom is -0.295 e. The number of aromatic amines is 1. The molecule has 10 heteroatoms. The van der Waals surface area contributed by atoms with Crippen LogP contribution in [0.5, 0.6) is 0 Å². The molecular formula is C18H14ClN5O4. The molecule has 142 valence electrons. The SMILES string of the molecule is Cc1[nH]n(-c2ccc(Cl)cc2)c(=O)c1/C=N/NC(=O)c1ccccc1[N+](=O)[O-]. The molecule has 0 aliphatic rings. The van der Waals surface area contributed by atoms with Crippen LogP contribution in [0.25, 0.3) is 5.69 Å². The molecule has 0 unspecified atom stereocenters. The van der Waals surface area contributed by atoms with Crippen LogP contribution >= 0.6 is 11.6 Å². The Morgan fingerprint density at radius 3 is 2.61 bits per heavy atom. The van der Waals surface area contributed by atoms with Gasteiger partial charge in [-0.05, 0) is 37.3 Å². The van der Waals surface area contributed by atoms with Crippen molar-refractivity contribution < 1.29 is 9.72 Å². The molecule has 1 heterocycles. The molecule has 0 radical (unpaired) electrons. The van der Waals surface area contributed by atoms with Gasteiger partial charge < -0.3 is 0 Å². The lowest BCUT2D eigenvalue weighted by Crippen LogP contribution is -2.21. The molecule has 0 bridgehead atoms. The van der Waals surface area contributed by atoms with Crippen LogP contribution in [-0.4, -0.2) is 26.8 Å². The summed E-state index contributed by atoms with van der Waals surface area (Å²) in [6.45, 7) is 1.68. The highest BCUT2D eigenvalue weighted by atomic mass is 35.5. The quantitative estimate of drug-likeness (QED) is 0.389. The van der Waals surface area contributed by atoms with Gasteiger partial charge in [-0.25, -0.2) is 10.1 Å². The van der Waals surface area contributed by atoms with E-state index in [0.29, 0.717) is 16.4 Å². The molecular weight excluding hydrogens is 386 g/mol. The highest BCUT2D eigenvalue weighted by Gasteiger charge is 2.18. The molecule has 0 aliphatic heterocycles. The van der Waals surface area contributed by atoms with Gasteiger partial charge in [-0.2, -0.15) is 5.10 Å². The summed E-state index contributed by atoms with van der Waals surface area (Å²) < 4.78 is 1.32. The monoisotopic (exact) mass is 399 g/mol. The number of hydrazone groups is 1. The normalized spacial score (nSPS) is 10.9. The van der Waals surface area contributed by atoms with Gasteiger partial charge in [-0.15, -0.1) is 0 Å². The van der Waals surface area contributed by atoms with Gasteiger partial charge in [0.2, 0.25) is 0 Å². The maximum atomic E-state index is 12.6. The molecule has 28 heavy (non-hydrogen) atoms. The van der Waals surface area contributed by atoms with Crippen LogP contribution < -0.4 is 11.0 Å². The zero-order valence-electron chi connectivity index (χ0n) is 14.5. The van der Waals surface area contributed by atoms with Gasteiger partial charge >= 0.3 is 0 Å². The lowest BCUT2D eigenvalue weighted by molar-refractivity contribution is -0.385. The number of H-pyrrole nitrogens is 1. The second kappa shape index (κ2) is 7.89. The van der Waals surface area contributed by atoms with Crippen LogP contribution in [0.4, 0.5) is 5.69 Å². The minimum atomic E-state index is -0.755. The summed E-state index contributed by atoms with van der Waals surface area (Å²) in [4.78, 5) is 35.1. The Hall–Kier alpha value is -3.72. The third kappa shape index (κ3) is 3.84. The van der Waals surface area contributed by atoms with Gasteiger partial charge in [0.25, 0.3) is 17.2 Å². The molecule has 0 saturated heterocycles. The number of rotatable bonds is 5. The molecule has 3 aromatic rings. The Labute approximate surface area is 163 Å². The van der Waals surface area contributed by atoms with E-state index in [9.17, 15) is 19.7 Å². The molecule has 0 aliphatic carbocycles. The number of nitro groups is 1. The lowest BCUT2D eigenvalue weighted by Gasteiger charge is -2.01. The number of carbonyl (C=O) groups excluding carboxylic acids is 1. The molecule has 0 atom stereocenters. The molecule has 1 amide bonds. The first kappa shape index (κ1) is 19.1. The van der Waals surface area contributed by atoms with Crippen LogP contribution in [0.1, 0.15) is 21.6 Å². The van der Waals surface area contributed by atoms with E-state index in [1.165, 1.54) is 35.2 Å². The summed E-state index contributed by atoms with van der Waals surface area (Å²) in [6, 6.07) is 12.2. The maximum Gasteiger partial charge on any atom is 0.282 e. The summed E-state index contributed by atoms with van der Waals surface area (Å²) in [5, 5.41) is 18.2. The second-order valence-electron chi connectivity index (χ2n) is 5.74. The van der Waals surface area contributed by atoms with Crippen molar-refractivity contribution in [3.05, 3.63) is 90.8 Å². The number of aromatic nitrogens is 2. The Morgan fingerprint density at radius 2 is 1.93 bits per heavy atom. The third-order valence-electron chi connectivity index (χ3n) is 3.91. The smallest absolute Gasteiger partial charge is 0.282 e. The van der Waals surface area contributed by atoms with Crippen LogP contribution in [-0.2, 0) is 0 Å². The lowest BCUT2D eigenvalue weighted by atomic mass is 10.2. The van der Waals surface area contributed by atoms with Crippen molar-refractivity contribution in [1.29, 1.82) is 0 Å². The number of halogens is 1. The van der Waals surface area contributed by atoms with E-state index in [1.54, 1.807) is 31.2 Å². The van der Waals surface area contributed by atoms with Gasteiger partial charge in [0.05, 0.1) is 22.4 Å². The van der Waals surface area contributed by atoms with Crippen LogP contribution in [0, 0.1) is 17.0 Å². The summed E-state index contributed by atoms with van der Waals surface area (Å²) in [6.07, 6.45) is 1.19. The maximum absolute atomic E-state index is 12.6. The number of para-hydroxylation sites is 1. The van der Waals surface area contributed by atoms with E-state index in [-0.39, 0.29) is 22.4 Å². The van der Waals surface area contributed by atoms with Crippen LogP contribution in [0.2, 0.25) is 5.02 Å². The summed E-state index contributed by atoms with van der Waals surface area (Å²) in [7, 11) is 0. The van der Waals surface area contributed by atoms with E-state index in [2.05, 4.69) is 15.6 Å². The molecule has 2 N–H and O–H groups in total. The molecule has 0 fully saturated rings. The predicted molar refractivity (Wildman–Crippen MR) is 104 cm³/mol. The zero-order valence-corrected chi connectivity index (χ0v) is 15.3. The number of hydrogen-bond acceptors (Lipinski definition) is 5. The van der Waals surface area contributed by atoms with Gasteiger partial charge in [0.15, 0.2) is 0 Å². The van der Waals surface area contributed by atoms with E-state index >= 15 is 0 Å². The van der Waals surface area contributed by atoms with Crippen molar-refractivity contribution in [3.8, 4) is 5.69 Å². The van der Waals surface area contributed by atoms with Crippen molar-refractivity contribution in [2.75, 3.05) is 0 Å². The molecule has 1 aromatic heterocycles. The third-order valence-corrected chi connectivity index (χ3v) is 4.16. The van der Waals surface area contributed by atoms with Crippen molar-refractivity contribution in [2.45, 2.75) is 6.92 Å². The Bertz CT molecular complexity index is 1130. The topological polar surface area (TPSA) is 122 Å². The first-order valence-electron chi connectivity index (χ1n) is 8.03. The minimum absolute atomic E-state index is 0.131. The van der Waals surface area contributed by atoms with Gasteiger partial charge in [0, 0.05) is 16.8 Å². The molecule has 0 spiro atoms. The number of benzene rings is 2. The number of nitrogens with zero attached hydrogens (tertiary/aromatic N) is 3. The number of aryl methyl sites for hydroxylation is 1. The first-order valence-corrected chi connectivity index (χ1v) is 8.40. The summed E-state index contributed by atoms with van der Waals surface area (Å²) >= 11 is 5.85. The van der Waals surface area contributed by atoms with Crippen LogP contribution in [0.15, 0.2) is 58.4 Å². The van der Waals surface area contributed by atoms with Crippen molar-refractivity contribution in [2.24, 2.45) is 5.10 Å². The highest BCUT2D eigenvalue weighted by Crippen LogP contribution is 2.17. The van der Waals surface area contributed by atoms with Crippen molar-refractivity contribution >= 4 is 29.4 Å². The molecule has 3 rings (SSSR count). The van der Waals surface area contributed by atoms with Gasteiger partial charge in [0.1, 0.15) is 5.56 Å². The fourth-order valence-corrected chi connectivity index (χ4v) is 2.65. The Kier molecular flexibility index (Phi) is 5.37. The number of carbonyl (C=O) groups is 1. The van der Waals surface area contributed by atoms with E-state index in [4.69, 9.17) is 11.6 Å². The number of nitrogens with one attached hydrogen (secondary N) is 2. The molecule has 9 nitrogen and oxygen atoms in total. The second-order valence-corrected chi connectivity index (χ2v) is 6.18. The van der Waals surface area contributed by atoms with Gasteiger partial charge in [-0.1, -0.05) is 23.7 Å². The van der Waals surface area contributed by atoms with Crippen molar-refractivity contribution in [3.63, 3.8) is 0 Å². The fourth-order valence-electron chi connectivity index (χ4n) is 2.52. The molecule has 2 aromatic carbocycles. The number of nitro benzene ring substituents is 1. The van der Waals surface area contributed by atoms with E-state index < -0.39 is 10.8 Å². The largest absolute Gasteiger partial charge is 0.295 e. The molecule has 0 saturated carbocycles. The summed E-state index contributed by atoms with van der Waals surface area (Å²) in [5.41, 5.74) is 2.71. The van der Waals surface area contributed by atoms with E-state index in [0.717, 1.165) is 0 Å². The van der Waals surface area contributed by atoms with Gasteiger partial charge in [-0.3, -0.25) is 24.8 Å². The Morgan fingerprint density at radius 1 is 1.25 bits per heavy atom. The Balaban J connectivity index is 1.82. The standard InChI is InChI=1S/C18H14ClN5O4/c1-11-15(18(26)23(22-11)13-8-6-12(19)7-9-13)10-20-21-17(25)14-4-2-3-5-16(14)24(27)28/h2-10,22H,1H3,(H,21,25)/b20-10+. The van der Waals surface area contributed by atoms with E-state index in [1.807, 2.05) is 0 Å². The fraction of sp³-hybridized carbons (Fsp3) is 0.0556. The average Bonchev–Trinajstić information content (AvgIpc) is 2.96. The van der Waals surface area contributed by atoms with Crippen LogP contribution in [0.3, 0.4) is 0 Å². The number of amides is 1. The predicted octanol–water partition coefficient (Wildman–Crippen LogP) is 2.80.